The third-order valence-corrected chi connectivity index (χ3v) is 5.37. The number of aryl methyl sites for hydroxylation is 1. The van der Waals surface area contributed by atoms with Gasteiger partial charge >= 0.3 is 0 Å². The summed E-state index contributed by atoms with van der Waals surface area (Å²) in [6.45, 7) is 2.73. The Morgan fingerprint density at radius 2 is 2.16 bits per heavy atom. The fourth-order valence-electron chi connectivity index (χ4n) is 3.94. The van der Waals surface area contributed by atoms with Crippen molar-refractivity contribution in [1.29, 1.82) is 0 Å². The van der Waals surface area contributed by atoms with Crippen molar-refractivity contribution in [2.45, 2.75) is 44.9 Å². The lowest BCUT2D eigenvalue weighted by Gasteiger charge is -2.37. The Morgan fingerprint density at radius 1 is 1.45 bits per heavy atom. The zero-order chi connectivity index (χ0) is 23.0. The normalized spacial score (nSPS) is 23.2. The first-order valence-corrected chi connectivity index (χ1v) is 10.0. The highest BCUT2D eigenvalue weighted by atomic mass is 16.5. The molecule has 3 rings (SSSR count). The minimum Gasteiger partial charge on any atom is -0.483 e. The highest BCUT2D eigenvalue weighted by molar-refractivity contribution is 5.87. The molecule has 0 unspecified atom stereocenters. The Kier molecular flexibility index (Phi) is 8.79. The molecule has 0 radical (unpaired) electrons. The average molecular weight is 438 g/mol. The number of ether oxygens (including phenoxy) is 1. The van der Waals surface area contributed by atoms with Crippen LogP contribution in [0.1, 0.15) is 25.0 Å². The molecule has 0 aromatic carbocycles. The number of methoxy groups -OCH3 is 1. The van der Waals surface area contributed by atoms with E-state index in [4.69, 9.17) is 20.4 Å². The summed E-state index contributed by atoms with van der Waals surface area (Å²) in [4.78, 5) is 46.7. The van der Waals surface area contributed by atoms with E-state index in [2.05, 4.69) is 15.7 Å². The van der Waals surface area contributed by atoms with Crippen LogP contribution in [-0.4, -0.2) is 82.9 Å². The molecular weight excluding hydrogens is 408 g/mol. The van der Waals surface area contributed by atoms with E-state index in [9.17, 15) is 14.4 Å². The zero-order valence-corrected chi connectivity index (χ0v) is 17.7. The predicted octanol–water partition coefficient (Wildman–Crippen LogP) is -1.27. The van der Waals surface area contributed by atoms with Crippen molar-refractivity contribution in [3.63, 3.8) is 0 Å². The highest BCUT2D eigenvalue weighted by Crippen LogP contribution is 2.28. The number of nitrogens with zero attached hydrogens (tertiary/aromatic N) is 3. The molecule has 1 aromatic heterocycles. The van der Waals surface area contributed by atoms with Crippen molar-refractivity contribution < 1.29 is 29.0 Å². The fraction of sp³-hybridized carbons (Fsp3) is 0.632. The van der Waals surface area contributed by atoms with Gasteiger partial charge in [-0.25, -0.2) is 4.68 Å². The third-order valence-electron chi connectivity index (χ3n) is 5.37. The highest BCUT2D eigenvalue weighted by Gasteiger charge is 2.37. The van der Waals surface area contributed by atoms with Gasteiger partial charge in [0.1, 0.15) is 12.4 Å². The molecule has 31 heavy (non-hydrogen) atoms. The molecule has 3 amide bonds. The SMILES string of the molecule is CO[C@H]1C[C@@H](C(=O)N2CCNC(=O)C2)CC[C@@H]1NC(=O)Cn1nc(C)cc1N.O=CO. The fourth-order valence-corrected chi connectivity index (χ4v) is 3.94. The number of carbonyl (C=O) groups is 4. The Morgan fingerprint density at radius 3 is 2.74 bits per heavy atom. The minimum atomic E-state index is -0.262. The molecule has 1 saturated carbocycles. The van der Waals surface area contributed by atoms with Gasteiger partial charge in [-0.15, -0.1) is 0 Å². The molecule has 12 heteroatoms. The molecule has 0 bridgehead atoms. The van der Waals surface area contributed by atoms with E-state index < -0.39 is 0 Å². The first-order valence-electron chi connectivity index (χ1n) is 10.0. The van der Waals surface area contributed by atoms with Crippen LogP contribution in [0.4, 0.5) is 5.82 Å². The Hall–Kier alpha value is -3.15. The smallest absolute Gasteiger partial charge is 0.290 e. The van der Waals surface area contributed by atoms with Crippen LogP contribution in [0.25, 0.3) is 0 Å². The van der Waals surface area contributed by atoms with Gasteiger partial charge in [-0.3, -0.25) is 19.2 Å². The largest absolute Gasteiger partial charge is 0.483 e. The number of nitrogens with one attached hydrogen (secondary N) is 2. The van der Waals surface area contributed by atoms with E-state index in [1.165, 1.54) is 4.68 Å². The van der Waals surface area contributed by atoms with Crippen LogP contribution in [0, 0.1) is 12.8 Å². The van der Waals surface area contributed by atoms with E-state index in [1.54, 1.807) is 18.1 Å². The number of nitrogens with two attached hydrogens (primary N) is 1. The molecule has 0 spiro atoms. The maximum atomic E-state index is 12.7. The molecule has 5 N–H and O–H groups in total. The molecule has 12 nitrogen and oxygen atoms in total. The number of hydrogen-bond acceptors (Lipinski definition) is 7. The predicted molar refractivity (Wildman–Crippen MR) is 110 cm³/mol. The molecule has 3 atom stereocenters. The van der Waals surface area contributed by atoms with E-state index in [-0.39, 0.29) is 55.3 Å². The van der Waals surface area contributed by atoms with Gasteiger partial charge in [0.05, 0.1) is 24.4 Å². The number of nitrogen functional groups attached to an aromatic ring is 1. The van der Waals surface area contributed by atoms with Crippen LogP contribution in [0.5, 0.6) is 0 Å². The van der Waals surface area contributed by atoms with Crippen molar-refractivity contribution in [2.75, 3.05) is 32.5 Å². The molecule has 2 aliphatic rings. The minimum absolute atomic E-state index is 0.0125. The van der Waals surface area contributed by atoms with Gasteiger partial charge < -0.3 is 31.1 Å². The topological polar surface area (TPSA) is 169 Å². The average Bonchev–Trinajstić information content (AvgIpc) is 3.04. The van der Waals surface area contributed by atoms with Crippen LogP contribution in [0.15, 0.2) is 6.07 Å². The van der Waals surface area contributed by atoms with E-state index in [0.717, 1.165) is 5.69 Å². The van der Waals surface area contributed by atoms with Gasteiger partial charge in [-0.05, 0) is 26.2 Å². The van der Waals surface area contributed by atoms with Crippen molar-refractivity contribution >= 4 is 30.0 Å². The molecule has 2 fully saturated rings. The van der Waals surface area contributed by atoms with Gasteiger partial charge in [-0.2, -0.15) is 5.10 Å². The number of aromatic nitrogens is 2. The van der Waals surface area contributed by atoms with Gasteiger partial charge in [0, 0.05) is 32.2 Å². The van der Waals surface area contributed by atoms with Crippen molar-refractivity contribution in [3.05, 3.63) is 11.8 Å². The van der Waals surface area contributed by atoms with E-state index in [0.29, 0.717) is 38.2 Å². The van der Waals surface area contributed by atoms with Crippen LogP contribution in [0.3, 0.4) is 0 Å². The number of anilines is 1. The molecule has 1 saturated heterocycles. The van der Waals surface area contributed by atoms with Crippen LogP contribution in [-0.2, 0) is 30.5 Å². The second-order valence-corrected chi connectivity index (χ2v) is 7.54. The van der Waals surface area contributed by atoms with E-state index >= 15 is 0 Å². The Labute approximate surface area is 180 Å². The van der Waals surface area contributed by atoms with Crippen molar-refractivity contribution in [3.8, 4) is 0 Å². The maximum Gasteiger partial charge on any atom is 0.290 e. The van der Waals surface area contributed by atoms with Crippen molar-refractivity contribution in [2.24, 2.45) is 5.92 Å². The summed E-state index contributed by atoms with van der Waals surface area (Å²) in [5.41, 5.74) is 6.59. The number of piperazine rings is 1. The second-order valence-electron chi connectivity index (χ2n) is 7.54. The number of carboxylic acid groups (broad SMARTS) is 1. The van der Waals surface area contributed by atoms with Gasteiger partial charge in [0.15, 0.2) is 0 Å². The first kappa shape index (κ1) is 24.1. The molecule has 1 aromatic rings. The summed E-state index contributed by atoms with van der Waals surface area (Å²) in [6, 6.07) is 1.53. The molecule has 172 valence electrons. The number of amides is 3. The quantitative estimate of drug-likeness (QED) is 0.413. The first-order chi connectivity index (χ1) is 14.8. The molecule has 1 aliphatic carbocycles. The number of hydrogen-bond donors (Lipinski definition) is 4. The van der Waals surface area contributed by atoms with Gasteiger partial charge in [0.25, 0.3) is 6.47 Å². The monoisotopic (exact) mass is 438 g/mol. The van der Waals surface area contributed by atoms with Crippen LogP contribution in [0.2, 0.25) is 0 Å². The molecular formula is C19H30N6O6. The summed E-state index contributed by atoms with van der Waals surface area (Å²) >= 11 is 0. The standard InChI is InChI=1S/C18H28N6O4.CH2O2/c1-11-7-15(19)24(22-11)10-17(26)21-13-4-3-12(8-14(13)28-2)18(27)23-6-5-20-16(25)9-23;2-1-3/h7,12-14H,3-6,8-10,19H2,1-2H3,(H,20,25)(H,21,26);1H,(H,2,3)/t12-,13-,14-;/m0./s1. The lowest BCUT2D eigenvalue weighted by molar-refractivity contribution is -0.144. The van der Waals surface area contributed by atoms with Crippen LogP contribution < -0.4 is 16.4 Å². The summed E-state index contributed by atoms with van der Waals surface area (Å²) in [6.07, 6.45) is 1.53. The second kappa shape index (κ2) is 11.3. The summed E-state index contributed by atoms with van der Waals surface area (Å²) in [5.74, 6) is -0.0954. The number of rotatable bonds is 5. The van der Waals surface area contributed by atoms with Gasteiger partial charge in [0.2, 0.25) is 17.7 Å². The van der Waals surface area contributed by atoms with Gasteiger partial charge in [-0.1, -0.05) is 0 Å². The lowest BCUT2D eigenvalue weighted by atomic mass is 9.82. The van der Waals surface area contributed by atoms with Crippen molar-refractivity contribution in [1.82, 2.24) is 25.3 Å². The summed E-state index contributed by atoms with van der Waals surface area (Å²) < 4.78 is 7.02. The zero-order valence-electron chi connectivity index (χ0n) is 17.7. The molecule has 2 heterocycles. The van der Waals surface area contributed by atoms with Crippen LogP contribution >= 0.6 is 0 Å². The summed E-state index contributed by atoms with van der Waals surface area (Å²) in [7, 11) is 1.58. The Balaban J connectivity index is 0.00000107. The summed E-state index contributed by atoms with van der Waals surface area (Å²) in [5, 5.41) is 16.8. The maximum absolute atomic E-state index is 12.7. The Bertz CT molecular complexity index is 797. The van der Waals surface area contributed by atoms with E-state index in [1.807, 2.05) is 6.92 Å². The lowest BCUT2D eigenvalue weighted by Crippen LogP contribution is -2.54. The molecule has 1 aliphatic heterocycles. The number of carbonyl (C=O) groups excluding carboxylic acids is 3. The third kappa shape index (κ3) is 6.67.